The Balaban J connectivity index is 1.82. The minimum Gasteiger partial charge on any atom is -0.384 e. The van der Waals surface area contributed by atoms with Crippen molar-refractivity contribution in [2.45, 2.75) is 25.3 Å². The molecule has 6 nitrogen and oxygen atoms in total. The van der Waals surface area contributed by atoms with Crippen LogP contribution in [0.2, 0.25) is 0 Å². The molecule has 0 aliphatic heterocycles. The number of nitrogens with one attached hydrogen (secondary N) is 1. The number of fused-ring (bicyclic) bond motifs is 1. The van der Waals surface area contributed by atoms with Crippen molar-refractivity contribution < 1.29 is 4.92 Å². The van der Waals surface area contributed by atoms with Gasteiger partial charge >= 0.3 is 5.69 Å². The van der Waals surface area contributed by atoms with Gasteiger partial charge in [0.2, 0.25) is 5.82 Å². The topological polar surface area (TPSA) is 94.1 Å². The van der Waals surface area contributed by atoms with Gasteiger partial charge in [-0.1, -0.05) is 24.3 Å². The first-order valence-corrected chi connectivity index (χ1v) is 6.87. The summed E-state index contributed by atoms with van der Waals surface area (Å²) in [6.45, 7) is 0. The molecule has 3 N–H and O–H groups in total. The Labute approximate surface area is 122 Å². The molecule has 0 saturated carbocycles. The van der Waals surface area contributed by atoms with E-state index in [2.05, 4.69) is 22.4 Å². The first kappa shape index (κ1) is 13.4. The molecule has 2 aromatic rings. The zero-order chi connectivity index (χ0) is 14.8. The normalized spacial score (nSPS) is 17.0. The number of hydrogen-bond donors (Lipinski definition) is 2. The van der Waals surface area contributed by atoms with E-state index in [0.717, 1.165) is 19.3 Å². The zero-order valence-corrected chi connectivity index (χ0v) is 11.5. The summed E-state index contributed by atoms with van der Waals surface area (Å²) in [5, 5.41) is 14.2. The second-order valence-electron chi connectivity index (χ2n) is 5.21. The fraction of sp³-hybridized carbons (Fsp3) is 0.267. The highest BCUT2D eigenvalue weighted by Crippen LogP contribution is 2.27. The minimum atomic E-state index is -0.439. The molecule has 1 aliphatic carbocycles. The number of hydrogen-bond acceptors (Lipinski definition) is 5. The number of benzene rings is 1. The van der Waals surface area contributed by atoms with Crippen LogP contribution >= 0.6 is 0 Å². The molecule has 1 heterocycles. The molecule has 0 fully saturated rings. The summed E-state index contributed by atoms with van der Waals surface area (Å²) in [4.78, 5) is 14.7. The number of rotatable bonds is 3. The van der Waals surface area contributed by atoms with E-state index in [9.17, 15) is 10.1 Å². The molecule has 1 atom stereocenters. The van der Waals surface area contributed by atoms with Crippen molar-refractivity contribution in [3.63, 3.8) is 0 Å². The Morgan fingerprint density at radius 1 is 1.24 bits per heavy atom. The van der Waals surface area contributed by atoms with Crippen LogP contribution in [0.1, 0.15) is 17.5 Å². The van der Waals surface area contributed by atoms with E-state index >= 15 is 0 Å². The van der Waals surface area contributed by atoms with Gasteiger partial charge in [0, 0.05) is 12.1 Å². The average molecular weight is 284 g/mol. The van der Waals surface area contributed by atoms with Gasteiger partial charge in [-0.05, 0) is 36.5 Å². The molecule has 0 spiro atoms. The molecule has 1 aliphatic rings. The van der Waals surface area contributed by atoms with Crippen LogP contribution in [0.4, 0.5) is 17.3 Å². The van der Waals surface area contributed by atoms with Crippen molar-refractivity contribution in [1.82, 2.24) is 4.98 Å². The number of anilines is 2. The van der Waals surface area contributed by atoms with Crippen LogP contribution in [-0.4, -0.2) is 15.9 Å². The van der Waals surface area contributed by atoms with E-state index in [1.807, 2.05) is 12.1 Å². The Bertz CT molecular complexity index is 687. The van der Waals surface area contributed by atoms with Crippen LogP contribution < -0.4 is 11.1 Å². The third-order valence-corrected chi connectivity index (χ3v) is 3.78. The lowest BCUT2D eigenvalue weighted by atomic mass is 9.88. The van der Waals surface area contributed by atoms with Crippen LogP contribution in [-0.2, 0) is 12.8 Å². The number of nitrogen functional groups attached to an aromatic ring is 1. The van der Waals surface area contributed by atoms with E-state index in [0.29, 0.717) is 0 Å². The highest BCUT2D eigenvalue weighted by Gasteiger charge is 2.22. The molecule has 0 saturated heterocycles. The smallest absolute Gasteiger partial charge is 0.311 e. The maximum Gasteiger partial charge on any atom is 0.311 e. The monoisotopic (exact) mass is 284 g/mol. The van der Waals surface area contributed by atoms with Crippen molar-refractivity contribution >= 4 is 17.3 Å². The molecular formula is C15H16N4O2. The van der Waals surface area contributed by atoms with Gasteiger partial charge < -0.3 is 11.1 Å². The number of aryl methyl sites for hydroxylation is 1. The lowest BCUT2D eigenvalue weighted by molar-refractivity contribution is -0.384. The highest BCUT2D eigenvalue weighted by atomic mass is 16.6. The van der Waals surface area contributed by atoms with Crippen molar-refractivity contribution in [2.24, 2.45) is 0 Å². The first-order valence-electron chi connectivity index (χ1n) is 6.87. The van der Waals surface area contributed by atoms with Gasteiger partial charge in [0.25, 0.3) is 0 Å². The summed E-state index contributed by atoms with van der Waals surface area (Å²) in [7, 11) is 0. The number of nitro groups is 1. The third kappa shape index (κ3) is 2.79. The van der Waals surface area contributed by atoms with Gasteiger partial charge in [0.05, 0.1) is 4.92 Å². The fourth-order valence-corrected chi connectivity index (χ4v) is 2.73. The van der Waals surface area contributed by atoms with Crippen molar-refractivity contribution in [3.8, 4) is 0 Å². The summed E-state index contributed by atoms with van der Waals surface area (Å²) < 4.78 is 0. The van der Waals surface area contributed by atoms with Crippen LogP contribution in [0.25, 0.3) is 0 Å². The minimum absolute atomic E-state index is 0.0388. The number of pyridine rings is 1. The van der Waals surface area contributed by atoms with Crippen molar-refractivity contribution in [3.05, 3.63) is 57.6 Å². The van der Waals surface area contributed by atoms with E-state index in [4.69, 9.17) is 5.73 Å². The maximum atomic E-state index is 11.1. The molecule has 0 radical (unpaired) electrons. The van der Waals surface area contributed by atoms with Crippen LogP contribution in [0, 0.1) is 10.1 Å². The van der Waals surface area contributed by atoms with Gasteiger partial charge in [-0.25, -0.2) is 4.98 Å². The SMILES string of the molecule is Nc1ccc([N+](=O)[O-])c(NC2CCc3ccccc3C2)n1. The van der Waals surface area contributed by atoms with Crippen LogP contribution in [0.5, 0.6) is 0 Å². The Morgan fingerprint density at radius 3 is 2.76 bits per heavy atom. The van der Waals surface area contributed by atoms with Crippen LogP contribution in [0.15, 0.2) is 36.4 Å². The van der Waals surface area contributed by atoms with Gasteiger partial charge in [0.15, 0.2) is 0 Å². The maximum absolute atomic E-state index is 11.1. The molecule has 0 amide bonds. The largest absolute Gasteiger partial charge is 0.384 e. The van der Waals surface area contributed by atoms with E-state index < -0.39 is 4.92 Å². The summed E-state index contributed by atoms with van der Waals surface area (Å²) in [5.74, 6) is 0.531. The highest BCUT2D eigenvalue weighted by molar-refractivity contribution is 5.60. The predicted molar refractivity (Wildman–Crippen MR) is 81.2 cm³/mol. The number of nitrogens with zero attached hydrogens (tertiary/aromatic N) is 2. The summed E-state index contributed by atoms with van der Waals surface area (Å²) >= 11 is 0. The van der Waals surface area contributed by atoms with Crippen molar-refractivity contribution in [2.75, 3.05) is 11.1 Å². The Hall–Kier alpha value is -2.63. The molecular weight excluding hydrogens is 268 g/mol. The first-order chi connectivity index (χ1) is 10.1. The van der Waals surface area contributed by atoms with Gasteiger partial charge in [-0.15, -0.1) is 0 Å². The van der Waals surface area contributed by atoms with E-state index in [1.165, 1.54) is 23.3 Å². The molecule has 21 heavy (non-hydrogen) atoms. The molecule has 3 rings (SSSR count). The van der Waals surface area contributed by atoms with E-state index in [1.54, 1.807) is 0 Å². The fourth-order valence-electron chi connectivity index (χ4n) is 2.73. The second kappa shape index (κ2) is 5.40. The lowest BCUT2D eigenvalue weighted by Gasteiger charge is -2.25. The zero-order valence-electron chi connectivity index (χ0n) is 11.5. The molecule has 108 valence electrons. The molecule has 1 aromatic heterocycles. The number of nitrogens with two attached hydrogens (primary N) is 1. The Kier molecular flexibility index (Phi) is 3.43. The molecule has 1 unspecified atom stereocenters. The van der Waals surface area contributed by atoms with Gasteiger partial charge in [0.1, 0.15) is 5.82 Å². The van der Waals surface area contributed by atoms with Gasteiger partial charge in [-0.3, -0.25) is 10.1 Å². The lowest BCUT2D eigenvalue weighted by Crippen LogP contribution is -2.28. The number of aromatic nitrogens is 1. The third-order valence-electron chi connectivity index (χ3n) is 3.78. The Morgan fingerprint density at radius 2 is 2.00 bits per heavy atom. The quantitative estimate of drug-likeness (QED) is 0.667. The second-order valence-corrected chi connectivity index (χ2v) is 5.21. The molecule has 1 aromatic carbocycles. The van der Waals surface area contributed by atoms with E-state index in [-0.39, 0.29) is 23.4 Å². The summed E-state index contributed by atoms with van der Waals surface area (Å²) in [6, 6.07) is 11.3. The summed E-state index contributed by atoms with van der Waals surface area (Å²) in [5.41, 5.74) is 8.23. The van der Waals surface area contributed by atoms with Crippen LogP contribution in [0.3, 0.4) is 0 Å². The summed E-state index contributed by atoms with van der Waals surface area (Å²) in [6.07, 6.45) is 2.72. The molecule has 6 heteroatoms. The average Bonchev–Trinajstić information content (AvgIpc) is 2.47. The molecule has 0 bridgehead atoms. The van der Waals surface area contributed by atoms with Gasteiger partial charge in [-0.2, -0.15) is 0 Å². The predicted octanol–water partition coefficient (Wildman–Crippen LogP) is 2.54. The standard InChI is InChI=1S/C15H16N4O2/c16-14-8-7-13(19(20)21)15(18-14)17-12-6-5-10-3-1-2-4-11(10)9-12/h1-4,7-8,12H,5-6,9H2,(H3,16,17,18). The van der Waals surface area contributed by atoms with Crippen molar-refractivity contribution in [1.29, 1.82) is 0 Å².